The minimum Gasteiger partial charge on any atom is -0.493 e. The van der Waals surface area contributed by atoms with Gasteiger partial charge in [-0.3, -0.25) is 9.36 Å². The molecule has 1 aliphatic rings. The second-order valence-electron chi connectivity index (χ2n) is 7.66. The van der Waals surface area contributed by atoms with E-state index in [1.807, 2.05) is 56.3 Å². The van der Waals surface area contributed by atoms with Gasteiger partial charge in [-0.25, -0.2) is 9.79 Å². The predicted octanol–water partition coefficient (Wildman–Crippen LogP) is 3.97. The van der Waals surface area contributed by atoms with E-state index in [1.54, 1.807) is 17.8 Å². The second kappa shape index (κ2) is 10.6. The van der Waals surface area contributed by atoms with Crippen LogP contribution in [-0.2, 0) is 9.53 Å². The third kappa shape index (κ3) is 4.70. The third-order valence-electron chi connectivity index (χ3n) is 5.61. The molecule has 0 fully saturated rings. The summed E-state index contributed by atoms with van der Waals surface area (Å²) in [5.41, 5.74) is 2.24. The summed E-state index contributed by atoms with van der Waals surface area (Å²) in [7, 11) is 2.91. The van der Waals surface area contributed by atoms with Gasteiger partial charge in [0.2, 0.25) is 0 Å². The Hall–Kier alpha value is -3.17. The maximum atomic E-state index is 13.8. The Morgan fingerprint density at radius 2 is 1.94 bits per heavy atom. The normalized spacial score (nSPS) is 15.5. The number of thiazole rings is 1. The number of ether oxygens (including phenoxy) is 3. The summed E-state index contributed by atoms with van der Waals surface area (Å²) < 4.78 is 19.3. The first-order valence-electron chi connectivity index (χ1n) is 11.1. The lowest BCUT2D eigenvalue weighted by Crippen LogP contribution is -2.40. The number of allylic oxidation sites excluding steroid dienone is 1. The first-order valence-corrected chi connectivity index (χ1v) is 12.7. The average Bonchev–Trinajstić information content (AvgIpc) is 3.18. The van der Waals surface area contributed by atoms with Crippen molar-refractivity contribution >= 4 is 39.3 Å². The Balaban J connectivity index is 2.01. The fourth-order valence-electron chi connectivity index (χ4n) is 4.10. The summed E-state index contributed by atoms with van der Waals surface area (Å²) >= 11 is 4.78. The molecule has 1 aliphatic heterocycles. The van der Waals surface area contributed by atoms with Crippen LogP contribution >= 0.6 is 27.3 Å². The Bertz CT molecular complexity index is 1470. The number of benzene rings is 2. The summed E-state index contributed by atoms with van der Waals surface area (Å²) in [6.07, 6.45) is 2.30. The third-order valence-corrected chi connectivity index (χ3v) is 7.05. The van der Waals surface area contributed by atoms with E-state index in [2.05, 4.69) is 15.9 Å². The van der Waals surface area contributed by atoms with Gasteiger partial charge < -0.3 is 14.2 Å². The van der Waals surface area contributed by atoms with Gasteiger partial charge in [0, 0.05) is 10.0 Å². The molecule has 9 heteroatoms. The Morgan fingerprint density at radius 3 is 2.57 bits per heavy atom. The highest BCUT2D eigenvalue weighted by Crippen LogP contribution is 2.36. The van der Waals surface area contributed by atoms with Crippen LogP contribution in [0.5, 0.6) is 11.5 Å². The van der Waals surface area contributed by atoms with Gasteiger partial charge >= 0.3 is 5.97 Å². The molecule has 0 aliphatic carbocycles. The summed E-state index contributed by atoms with van der Waals surface area (Å²) in [5.74, 6) is 0.612. The van der Waals surface area contributed by atoms with E-state index in [0.717, 1.165) is 10.0 Å². The molecule has 0 saturated heterocycles. The molecular weight excluding hydrogens is 532 g/mol. The van der Waals surface area contributed by atoms with Gasteiger partial charge in [0.25, 0.3) is 5.56 Å². The van der Waals surface area contributed by atoms with E-state index >= 15 is 0 Å². The summed E-state index contributed by atoms with van der Waals surface area (Å²) in [4.78, 5) is 31.9. The number of halogens is 1. The van der Waals surface area contributed by atoms with Crippen LogP contribution in [0, 0.1) is 0 Å². The molecule has 35 heavy (non-hydrogen) atoms. The lowest BCUT2D eigenvalue weighted by molar-refractivity contribution is -0.136. The highest BCUT2D eigenvalue weighted by atomic mass is 79.9. The largest absolute Gasteiger partial charge is 0.493 e. The first-order chi connectivity index (χ1) is 16.9. The van der Waals surface area contributed by atoms with Gasteiger partial charge in [0.05, 0.1) is 42.7 Å². The van der Waals surface area contributed by atoms with Gasteiger partial charge in [-0.05, 0) is 37.1 Å². The van der Waals surface area contributed by atoms with Crippen molar-refractivity contribution in [1.82, 2.24) is 4.57 Å². The van der Waals surface area contributed by atoms with Crippen LogP contribution in [0.15, 0.2) is 68.0 Å². The Morgan fingerprint density at radius 1 is 1.20 bits per heavy atom. The number of carbonyl (C=O) groups is 1. The van der Waals surface area contributed by atoms with Crippen LogP contribution in [0.2, 0.25) is 0 Å². The van der Waals surface area contributed by atoms with Crippen molar-refractivity contribution in [2.75, 3.05) is 20.8 Å². The van der Waals surface area contributed by atoms with Crippen LogP contribution in [0.3, 0.4) is 0 Å². The van der Waals surface area contributed by atoms with Crippen molar-refractivity contribution in [3.05, 3.63) is 89.0 Å². The van der Waals surface area contributed by atoms with Crippen molar-refractivity contribution in [1.29, 1.82) is 0 Å². The number of carbonyl (C=O) groups excluding carboxylic acids is 1. The number of fused-ring (bicyclic) bond motifs is 1. The van der Waals surface area contributed by atoms with E-state index in [9.17, 15) is 9.59 Å². The highest BCUT2D eigenvalue weighted by molar-refractivity contribution is 9.10. The van der Waals surface area contributed by atoms with E-state index in [-0.39, 0.29) is 5.56 Å². The molecule has 0 saturated carbocycles. The van der Waals surface area contributed by atoms with Crippen LogP contribution in [-0.4, -0.2) is 31.4 Å². The lowest BCUT2D eigenvalue weighted by atomic mass is 9.95. The SMILES string of the molecule is CCOc1c(/C=c2/sc3n(c2=O)[C@H](c2ccccc2)C(C(=O)OC)=C(CC)N=3)cc(Br)cc1OC. The number of hydrogen-bond donors (Lipinski definition) is 0. The van der Waals surface area contributed by atoms with E-state index in [4.69, 9.17) is 19.2 Å². The molecule has 0 N–H and O–H groups in total. The zero-order valence-electron chi connectivity index (χ0n) is 19.8. The van der Waals surface area contributed by atoms with Crippen molar-refractivity contribution in [3.8, 4) is 11.5 Å². The zero-order chi connectivity index (χ0) is 25.1. The first kappa shape index (κ1) is 24.9. The van der Waals surface area contributed by atoms with Crippen molar-refractivity contribution in [3.63, 3.8) is 0 Å². The van der Waals surface area contributed by atoms with E-state index < -0.39 is 12.0 Å². The molecule has 1 aromatic heterocycles. The Labute approximate surface area is 215 Å². The standard InChI is InChI=1S/C26H25BrN2O5S/c1-5-18-21(25(31)33-4)22(15-10-8-7-9-11-15)29-24(30)20(35-26(29)28-18)13-16-12-17(27)14-19(32-3)23(16)34-6-2/h7-14,22H,5-6H2,1-4H3/b20-13+/t22-/m1/s1. The smallest absolute Gasteiger partial charge is 0.338 e. The van der Waals surface area contributed by atoms with E-state index in [0.29, 0.717) is 50.7 Å². The van der Waals surface area contributed by atoms with Gasteiger partial charge in [0.1, 0.15) is 0 Å². The molecule has 7 nitrogen and oxygen atoms in total. The quantitative estimate of drug-likeness (QED) is 0.411. The van der Waals surface area contributed by atoms with Crippen LogP contribution in [0.1, 0.15) is 37.4 Å². The lowest BCUT2D eigenvalue weighted by Gasteiger charge is -2.25. The minimum atomic E-state index is -0.639. The number of rotatable bonds is 7. The van der Waals surface area contributed by atoms with Crippen LogP contribution < -0.4 is 24.4 Å². The minimum absolute atomic E-state index is 0.249. The molecule has 0 unspecified atom stereocenters. The molecule has 4 rings (SSSR count). The topological polar surface area (TPSA) is 79.1 Å². The number of hydrogen-bond acceptors (Lipinski definition) is 7. The van der Waals surface area contributed by atoms with Gasteiger partial charge in [-0.15, -0.1) is 0 Å². The summed E-state index contributed by atoms with van der Waals surface area (Å²) in [6, 6.07) is 12.5. The fraction of sp³-hybridized carbons (Fsp3) is 0.269. The van der Waals surface area contributed by atoms with Gasteiger partial charge in [-0.2, -0.15) is 0 Å². The van der Waals surface area contributed by atoms with Crippen LogP contribution in [0.25, 0.3) is 6.08 Å². The van der Waals surface area contributed by atoms with Crippen molar-refractivity contribution < 1.29 is 19.0 Å². The van der Waals surface area contributed by atoms with Gasteiger partial charge in [-0.1, -0.05) is 64.5 Å². The average molecular weight is 557 g/mol. The maximum Gasteiger partial charge on any atom is 0.338 e. The maximum absolute atomic E-state index is 13.8. The Kier molecular flexibility index (Phi) is 7.57. The number of nitrogens with zero attached hydrogens (tertiary/aromatic N) is 2. The fourth-order valence-corrected chi connectivity index (χ4v) is 5.57. The number of methoxy groups -OCH3 is 2. The zero-order valence-corrected chi connectivity index (χ0v) is 22.2. The predicted molar refractivity (Wildman–Crippen MR) is 139 cm³/mol. The molecule has 0 bridgehead atoms. The molecular formula is C26H25BrN2O5S. The molecule has 2 heterocycles. The number of esters is 1. The van der Waals surface area contributed by atoms with Crippen molar-refractivity contribution in [2.24, 2.45) is 4.99 Å². The second-order valence-corrected chi connectivity index (χ2v) is 9.58. The van der Waals surface area contributed by atoms with E-state index in [1.165, 1.54) is 18.4 Å². The molecule has 1 atom stereocenters. The monoisotopic (exact) mass is 556 g/mol. The molecule has 3 aromatic rings. The summed E-state index contributed by atoms with van der Waals surface area (Å²) in [6.45, 7) is 4.26. The molecule has 0 radical (unpaired) electrons. The molecule has 182 valence electrons. The molecule has 2 aromatic carbocycles. The van der Waals surface area contributed by atoms with Crippen LogP contribution in [0.4, 0.5) is 0 Å². The number of aromatic nitrogens is 1. The molecule has 0 spiro atoms. The van der Waals surface area contributed by atoms with Gasteiger partial charge in [0.15, 0.2) is 16.3 Å². The molecule has 0 amide bonds. The van der Waals surface area contributed by atoms with Crippen molar-refractivity contribution in [2.45, 2.75) is 26.3 Å². The summed E-state index contributed by atoms with van der Waals surface area (Å²) in [5, 5.41) is 0. The highest BCUT2D eigenvalue weighted by Gasteiger charge is 2.33.